The predicted octanol–water partition coefficient (Wildman–Crippen LogP) is 3.45. The van der Waals surface area contributed by atoms with Crippen molar-refractivity contribution in [2.24, 2.45) is 11.8 Å². The highest BCUT2D eigenvalue weighted by Gasteiger charge is 2.28. The molecule has 1 heterocycles. The van der Waals surface area contributed by atoms with Crippen molar-refractivity contribution in [1.29, 1.82) is 0 Å². The van der Waals surface area contributed by atoms with Gasteiger partial charge in [0.05, 0.1) is 13.7 Å². The molecule has 1 saturated carbocycles. The minimum atomic E-state index is -0.245. The lowest BCUT2D eigenvalue weighted by Crippen LogP contribution is -2.43. The van der Waals surface area contributed by atoms with Crippen LogP contribution >= 0.6 is 0 Å². The maximum atomic E-state index is 12.5. The SMILES string of the molecule is COc1cc(CNC(=O)C2CCN(C(=O)OCC3CCCCC3)CC2)ccc1O. The largest absolute Gasteiger partial charge is 0.504 e. The lowest BCUT2D eigenvalue weighted by molar-refractivity contribution is -0.126. The molecule has 0 radical (unpaired) electrons. The number of hydrogen-bond acceptors (Lipinski definition) is 5. The van der Waals surface area contributed by atoms with Crippen LogP contribution in [-0.2, 0) is 16.1 Å². The smallest absolute Gasteiger partial charge is 0.409 e. The van der Waals surface area contributed by atoms with Gasteiger partial charge in [-0.3, -0.25) is 4.79 Å². The zero-order valence-electron chi connectivity index (χ0n) is 17.2. The average molecular weight is 405 g/mol. The molecule has 0 bridgehead atoms. The van der Waals surface area contributed by atoms with Crippen LogP contribution in [0.2, 0.25) is 0 Å². The standard InChI is InChI=1S/C22H32N2O5/c1-28-20-13-17(7-8-19(20)25)14-23-21(26)18-9-11-24(12-10-18)22(27)29-15-16-5-3-2-4-6-16/h7-8,13,16,18,25H,2-6,9-12,14-15H2,1H3,(H,23,26). The number of carbonyl (C=O) groups is 2. The summed E-state index contributed by atoms with van der Waals surface area (Å²) >= 11 is 0. The van der Waals surface area contributed by atoms with E-state index in [9.17, 15) is 14.7 Å². The van der Waals surface area contributed by atoms with E-state index in [1.807, 2.05) is 0 Å². The Morgan fingerprint density at radius 2 is 1.86 bits per heavy atom. The Hall–Kier alpha value is -2.44. The first-order valence-electron chi connectivity index (χ1n) is 10.6. The molecule has 7 heteroatoms. The molecule has 1 aliphatic carbocycles. The molecule has 2 N–H and O–H groups in total. The number of amides is 2. The van der Waals surface area contributed by atoms with Gasteiger partial charge in [-0.25, -0.2) is 4.79 Å². The summed E-state index contributed by atoms with van der Waals surface area (Å²) < 4.78 is 10.6. The van der Waals surface area contributed by atoms with Crippen LogP contribution < -0.4 is 10.1 Å². The summed E-state index contributed by atoms with van der Waals surface area (Å²) in [5.74, 6) is 0.861. The van der Waals surface area contributed by atoms with Crippen molar-refractivity contribution in [3.05, 3.63) is 23.8 Å². The number of hydrogen-bond donors (Lipinski definition) is 2. The van der Waals surface area contributed by atoms with Crippen molar-refractivity contribution in [3.8, 4) is 11.5 Å². The number of methoxy groups -OCH3 is 1. The van der Waals surface area contributed by atoms with Crippen LogP contribution in [0.15, 0.2) is 18.2 Å². The lowest BCUT2D eigenvalue weighted by atomic mass is 9.90. The number of carbonyl (C=O) groups excluding carboxylic acids is 2. The second kappa shape index (κ2) is 10.4. The number of benzene rings is 1. The van der Waals surface area contributed by atoms with Crippen LogP contribution in [0.1, 0.15) is 50.5 Å². The molecule has 2 fully saturated rings. The van der Waals surface area contributed by atoms with E-state index >= 15 is 0 Å². The van der Waals surface area contributed by atoms with E-state index in [4.69, 9.17) is 9.47 Å². The van der Waals surface area contributed by atoms with E-state index in [0.717, 1.165) is 18.4 Å². The van der Waals surface area contributed by atoms with Crippen LogP contribution in [0.3, 0.4) is 0 Å². The van der Waals surface area contributed by atoms with Gasteiger partial charge in [-0.05, 0) is 49.3 Å². The molecule has 2 amide bonds. The summed E-state index contributed by atoms with van der Waals surface area (Å²) in [7, 11) is 1.49. The van der Waals surface area contributed by atoms with Crippen molar-refractivity contribution < 1.29 is 24.2 Å². The monoisotopic (exact) mass is 404 g/mol. The Kier molecular flexibility index (Phi) is 7.61. The predicted molar refractivity (Wildman–Crippen MR) is 109 cm³/mol. The van der Waals surface area contributed by atoms with Crippen LogP contribution in [-0.4, -0.2) is 48.8 Å². The molecule has 0 unspecified atom stereocenters. The first-order valence-corrected chi connectivity index (χ1v) is 10.6. The Bertz CT molecular complexity index is 694. The number of nitrogens with zero attached hydrogens (tertiary/aromatic N) is 1. The van der Waals surface area contributed by atoms with Gasteiger partial charge >= 0.3 is 6.09 Å². The minimum Gasteiger partial charge on any atom is -0.504 e. The van der Waals surface area contributed by atoms with E-state index in [1.165, 1.54) is 26.4 Å². The van der Waals surface area contributed by atoms with Crippen molar-refractivity contribution in [2.45, 2.75) is 51.5 Å². The third kappa shape index (κ3) is 6.02. The normalized spacial score (nSPS) is 18.3. The van der Waals surface area contributed by atoms with Gasteiger partial charge in [-0.15, -0.1) is 0 Å². The fraction of sp³-hybridized carbons (Fsp3) is 0.636. The van der Waals surface area contributed by atoms with Crippen molar-refractivity contribution in [3.63, 3.8) is 0 Å². The molecule has 160 valence electrons. The van der Waals surface area contributed by atoms with Crippen LogP contribution in [0.5, 0.6) is 11.5 Å². The van der Waals surface area contributed by atoms with Crippen molar-refractivity contribution >= 4 is 12.0 Å². The highest BCUT2D eigenvalue weighted by atomic mass is 16.6. The quantitative estimate of drug-likeness (QED) is 0.758. The van der Waals surface area contributed by atoms with Gasteiger partial charge < -0.3 is 24.8 Å². The molecule has 1 aromatic carbocycles. The number of piperidine rings is 1. The van der Waals surface area contributed by atoms with Crippen LogP contribution in [0, 0.1) is 11.8 Å². The highest BCUT2D eigenvalue weighted by Crippen LogP contribution is 2.27. The first-order chi connectivity index (χ1) is 14.1. The van der Waals surface area contributed by atoms with Gasteiger partial charge in [0.25, 0.3) is 0 Å². The molecule has 3 rings (SSSR count). The third-order valence-electron chi connectivity index (χ3n) is 6.00. The van der Waals surface area contributed by atoms with E-state index < -0.39 is 0 Å². The average Bonchev–Trinajstić information content (AvgIpc) is 2.77. The summed E-state index contributed by atoms with van der Waals surface area (Å²) in [6.07, 6.45) is 7.11. The second-order valence-electron chi connectivity index (χ2n) is 8.07. The summed E-state index contributed by atoms with van der Waals surface area (Å²) in [4.78, 5) is 26.5. The van der Waals surface area contributed by atoms with Crippen LogP contribution in [0.4, 0.5) is 4.79 Å². The van der Waals surface area contributed by atoms with Gasteiger partial charge in [0.1, 0.15) is 0 Å². The molecule has 1 aliphatic heterocycles. The third-order valence-corrected chi connectivity index (χ3v) is 6.00. The Morgan fingerprint density at radius 3 is 2.55 bits per heavy atom. The number of likely N-dealkylation sites (tertiary alicyclic amines) is 1. The molecule has 1 saturated heterocycles. The van der Waals surface area contributed by atoms with Gasteiger partial charge in [-0.1, -0.05) is 25.3 Å². The number of phenols is 1. The number of rotatable bonds is 6. The number of aromatic hydroxyl groups is 1. The highest BCUT2D eigenvalue weighted by molar-refractivity contribution is 5.79. The molecular weight excluding hydrogens is 372 g/mol. The Morgan fingerprint density at radius 1 is 1.14 bits per heavy atom. The molecular formula is C22H32N2O5. The first kappa shape index (κ1) is 21.3. The molecule has 1 aromatic rings. The topological polar surface area (TPSA) is 88.1 Å². The lowest BCUT2D eigenvalue weighted by Gasteiger charge is -2.31. The van der Waals surface area contributed by atoms with Crippen molar-refractivity contribution in [1.82, 2.24) is 10.2 Å². The summed E-state index contributed by atoms with van der Waals surface area (Å²) in [6, 6.07) is 5.02. The maximum Gasteiger partial charge on any atom is 0.409 e. The summed E-state index contributed by atoms with van der Waals surface area (Å²) in [5, 5.41) is 12.6. The molecule has 0 spiro atoms. The van der Waals surface area contributed by atoms with E-state index in [1.54, 1.807) is 23.1 Å². The van der Waals surface area contributed by atoms with E-state index in [-0.39, 0.29) is 23.7 Å². The minimum absolute atomic E-state index is 0.00716. The van der Waals surface area contributed by atoms with Crippen LogP contribution in [0.25, 0.3) is 0 Å². The van der Waals surface area contributed by atoms with Gasteiger partial charge in [-0.2, -0.15) is 0 Å². The van der Waals surface area contributed by atoms with Gasteiger partial charge in [0.2, 0.25) is 5.91 Å². The molecule has 29 heavy (non-hydrogen) atoms. The van der Waals surface area contributed by atoms with E-state index in [2.05, 4.69) is 5.32 Å². The number of phenolic OH excluding ortho intramolecular Hbond substituents is 1. The van der Waals surface area contributed by atoms with Crippen molar-refractivity contribution in [2.75, 3.05) is 26.8 Å². The fourth-order valence-corrected chi connectivity index (χ4v) is 4.12. The summed E-state index contributed by atoms with van der Waals surface area (Å²) in [6.45, 7) is 2.00. The maximum absolute atomic E-state index is 12.5. The molecule has 0 atom stereocenters. The molecule has 7 nitrogen and oxygen atoms in total. The Balaban J connectivity index is 1.38. The van der Waals surface area contributed by atoms with E-state index in [0.29, 0.717) is 50.8 Å². The van der Waals surface area contributed by atoms with Gasteiger partial charge in [0.15, 0.2) is 11.5 Å². The summed E-state index contributed by atoms with van der Waals surface area (Å²) in [5.41, 5.74) is 0.858. The Labute approximate surface area is 172 Å². The number of ether oxygens (including phenoxy) is 2. The molecule has 0 aromatic heterocycles. The fourth-order valence-electron chi connectivity index (χ4n) is 4.12. The second-order valence-corrected chi connectivity index (χ2v) is 8.07. The molecule has 2 aliphatic rings. The zero-order valence-corrected chi connectivity index (χ0v) is 17.2. The number of nitrogens with one attached hydrogen (secondary N) is 1. The zero-order chi connectivity index (χ0) is 20.6. The van der Waals surface area contributed by atoms with Gasteiger partial charge in [0, 0.05) is 25.6 Å².